The number of nitrogens with zero attached hydrogens (tertiary/aromatic N) is 2. The van der Waals surface area contributed by atoms with Crippen LogP contribution in [0.5, 0.6) is 17.2 Å². The van der Waals surface area contributed by atoms with E-state index in [0.717, 1.165) is 17.7 Å². The lowest BCUT2D eigenvalue weighted by molar-refractivity contribution is 0.0760. The molecule has 0 aliphatic carbocycles. The Bertz CT molecular complexity index is 1110. The second-order valence-electron chi connectivity index (χ2n) is 7.88. The second-order valence-corrected chi connectivity index (χ2v) is 9.19. The summed E-state index contributed by atoms with van der Waals surface area (Å²) in [5, 5.41) is 7.70. The van der Waals surface area contributed by atoms with Crippen LogP contribution < -0.4 is 14.2 Å². The van der Waals surface area contributed by atoms with Crippen molar-refractivity contribution in [3.8, 4) is 28.5 Å². The third-order valence-electron chi connectivity index (χ3n) is 5.93. The molecular weight excluding hydrogens is 438 g/mol. The zero-order chi connectivity index (χ0) is 23.4. The number of hydrogen-bond donors (Lipinski definition) is 1. The second kappa shape index (κ2) is 10.2. The molecule has 33 heavy (non-hydrogen) atoms. The van der Waals surface area contributed by atoms with Gasteiger partial charge in [-0.25, -0.2) is 0 Å². The van der Waals surface area contributed by atoms with Crippen LogP contribution in [0, 0.1) is 6.92 Å². The van der Waals surface area contributed by atoms with Crippen LogP contribution >= 0.6 is 11.8 Å². The molecule has 1 fully saturated rings. The molecule has 174 valence electrons. The van der Waals surface area contributed by atoms with Crippen LogP contribution in [0.25, 0.3) is 11.3 Å². The van der Waals surface area contributed by atoms with Gasteiger partial charge in [-0.15, -0.1) is 0 Å². The number of carbonyl (C=O) groups excluding carboxylic acids is 1. The summed E-state index contributed by atoms with van der Waals surface area (Å²) in [6.07, 6.45) is 0.926. The van der Waals surface area contributed by atoms with Crippen LogP contribution in [0.1, 0.15) is 33.3 Å². The number of nitrogens with one attached hydrogen (secondary N) is 1. The Morgan fingerprint density at radius 3 is 2.45 bits per heavy atom. The first kappa shape index (κ1) is 23.0. The molecule has 1 aromatic heterocycles. The summed E-state index contributed by atoms with van der Waals surface area (Å²) in [5.41, 5.74) is 4.55. The van der Waals surface area contributed by atoms with Crippen LogP contribution in [0.3, 0.4) is 0 Å². The van der Waals surface area contributed by atoms with Crippen molar-refractivity contribution >= 4 is 17.7 Å². The van der Waals surface area contributed by atoms with E-state index in [-0.39, 0.29) is 5.91 Å². The predicted octanol–water partition coefficient (Wildman–Crippen LogP) is 4.73. The van der Waals surface area contributed by atoms with Crippen LogP contribution in [0.2, 0.25) is 0 Å². The fraction of sp³-hybridized carbons (Fsp3) is 0.360. The van der Waals surface area contributed by atoms with E-state index in [2.05, 4.69) is 41.4 Å². The average molecular weight is 468 g/mol. The summed E-state index contributed by atoms with van der Waals surface area (Å²) < 4.78 is 16.3. The molecule has 2 aromatic carbocycles. The van der Waals surface area contributed by atoms with Crippen molar-refractivity contribution in [1.82, 2.24) is 15.1 Å². The fourth-order valence-electron chi connectivity index (χ4n) is 4.15. The lowest BCUT2D eigenvalue weighted by Crippen LogP contribution is -2.33. The Kier molecular flexibility index (Phi) is 7.13. The zero-order valence-electron chi connectivity index (χ0n) is 19.4. The highest BCUT2D eigenvalue weighted by molar-refractivity contribution is 7.99. The number of aromatic nitrogens is 2. The SMILES string of the molecule is COc1cc(-c2cc(C(=O)N3CCSC(c4ccccc4C)CC3)[nH]n2)cc(OC)c1OC. The van der Waals surface area contributed by atoms with E-state index in [4.69, 9.17) is 14.2 Å². The molecule has 7 nitrogen and oxygen atoms in total. The summed E-state index contributed by atoms with van der Waals surface area (Å²) in [4.78, 5) is 15.1. The summed E-state index contributed by atoms with van der Waals surface area (Å²) >= 11 is 1.92. The Hall–Kier alpha value is -3.13. The number of H-pyrrole nitrogens is 1. The molecular formula is C25H29N3O4S. The highest BCUT2D eigenvalue weighted by Gasteiger charge is 2.25. The lowest BCUT2D eigenvalue weighted by atomic mass is 10.0. The minimum absolute atomic E-state index is 0.0350. The minimum atomic E-state index is -0.0350. The number of methoxy groups -OCH3 is 3. The molecule has 1 aliphatic rings. The molecule has 2 heterocycles. The molecule has 1 saturated heterocycles. The van der Waals surface area contributed by atoms with Gasteiger partial charge in [0.25, 0.3) is 5.91 Å². The highest BCUT2D eigenvalue weighted by atomic mass is 32.2. The van der Waals surface area contributed by atoms with E-state index in [1.807, 2.05) is 28.8 Å². The molecule has 1 unspecified atom stereocenters. The van der Waals surface area contributed by atoms with Crippen molar-refractivity contribution in [2.45, 2.75) is 18.6 Å². The predicted molar refractivity (Wildman–Crippen MR) is 131 cm³/mol. The number of carbonyl (C=O) groups is 1. The van der Waals surface area contributed by atoms with Crippen molar-refractivity contribution in [3.63, 3.8) is 0 Å². The molecule has 4 rings (SSSR count). The van der Waals surface area contributed by atoms with E-state index < -0.39 is 0 Å². The number of hydrogen-bond acceptors (Lipinski definition) is 6. The largest absolute Gasteiger partial charge is 0.493 e. The minimum Gasteiger partial charge on any atom is -0.493 e. The number of aryl methyl sites for hydroxylation is 1. The molecule has 1 N–H and O–H groups in total. The molecule has 0 saturated carbocycles. The van der Waals surface area contributed by atoms with Gasteiger partial charge in [-0.05, 0) is 42.7 Å². The third kappa shape index (κ3) is 4.80. The van der Waals surface area contributed by atoms with Crippen LogP contribution in [-0.4, -0.2) is 61.2 Å². The van der Waals surface area contributed by atoms with Gasteiger partial charge in [0.1, 0.15) is 5.69 Å². The maximum atomic E-state index is 13.2. The number of ether oxygens (including phenoxy) is 3. The Morgan fingerprint density at radius 2 is 1.79 bits per heavy atom. The van der Waals surface area contributed by atoms with E-state index >= 15 is 0 Å². The van der Waals surface area contributed by atoms with Crippen molar-refractivity contribution in [2.75, 3.05) is 40.2 Å². The Balaban J connectivity index is 1.51. The van der Waals surface area contributed by atoms with Crippen molar-refractivity contribution < 1.29 is 19.0 Å². The van der Waals surface area contributed by atoms with Gasteiger partial charge in [0, 0.05) is 29.7 Å². The van der Waals surface area contributed by atoms with Gasteiger partial charge in [-0.2, -0.15) is 16.9 Å². The average Bonchev–Trinajstić information content (AvgIpc) is 3.21. The maximum absolute atomic E-state index is 13.2. The number of rotatable bonds is 6. The van der Waals surface area contributed by atoms with E-state index in [1.165, 1.54) is 11.1 Å². The van der Waals surface area contributed by atoms with Gasteiger partial charge in [0.2, 0.25) is 5.75 Å². The van der Waals surface area contributed by atoms with E-state index in [1.54, 1.807) is 27.4 Å². The van der Waals surface area contributed by atoms with Gasteiger partial charge in [0.05, 0.1) is 27.0 Å². The summed E-state index contributed by atoms with van der Waals surface area (Å²) in [7, 11) is 4.71. The Labute approximate surface area is 198 Å². The summed E-state index contributed by atoms with van der Waals surface area (Å²) in [5.74, 6) is 2.45. The Morgan fingerprint density at radius 1 is 1.06 bits per heavy atom. The fourth-order valence-corrected chi connectivity index (χ4v) is 5.47. The normalized spacial score (nSPS) is 16.2. The van der Waals surface area contributed by atoms with Gasteiger partial charge in [-0.1, -0.05) is 24.3 Å². The van der Waals surface area contributed by atoms with Gasteiger partial charge < -0.3 is 19.1 Å². The molecule has 1 amide bonds. The lowest BCUT2D eigenvalue weighted by Gasteiger charge is -2.20. The van der Waals surface area contributed by atoms with E-state index in [9.17, 15) is 4.79 Å². The number of thioether (sulfide) groups is 1. The van der Waals surface area contributed by atoms with E-state index in [0.29, 0.717) is 47.0 Å². The summed E-state index contributed by atoms with van der Waals surface area (Å²) in [6.45, 7) is 3.58. The topological polar surface area (TPSA) is 76.7 Å². The van der Waals surface area contributed by atoms with Crippen LogP contribution in [0.4, 0.5) is 0 Å². The smallest absolute Gasteiger partial charge is 0.271 e. The number of aromatic amines is 1. The monoisotopic (exact) mass is 467 g/mol. The third-order valence-corrected chi connectivity index (χ3v) is 7.24. The first-order valence-corrected chi connectivity index (χ1v) is 11.9. The molecule has 8 heteroatoms. The number of amides is 1. The maximum Gasteiger partial charge on any atom is 0.271 e. The van der Waals surface area contributed by atoms with Crippen molar-refractivity contribution in [3.05, 3.63) is 59.3 Å². The first-order chi connectivity index (χ1) is 16.0. The van der Waals surface area contributed by atoms with Gasteiger partial charge in [-0.3, -0.25) is 9.89 Å². The molecule has 0 spiro atoms. The standard InChI is InChI=1S/C25H29N3O4S/c1-16-7-5-6-8-18(16)23-9-10-28(11-12-33-23)25(29)20-15-19(26-27-20)17-13-21(30-2)24(32-4)22(14-17)31-3/h5-8,13-15,23H,9-12H2,1-4H3,(H,26,27). The molecule has 0 bridgehead atoms. The molecule has 0 radical (unpaired) electrons. The first-order valence-electron chi connectivity index (χ1n) is 10.9. The zero-order valence-corrected chi connectivity index (χ0v) is 20.2. The highest BCUT2D eigenvalue weighted by Crippen LogP contribution is 2.41. The van der Waals surface area contributed by atoms with Crippen molar-refractivity contribution in [2.24, 2.45) is 0 Å². The summed E-state index contributed by atoms with van der Waals surface area (Å²) in [6, 6.07) is 13.9. The van der Waals surface area contributed by atoms with Crippen LogP contribution in [-0.2, 0) is 0 Å². The van der Waals surface area contributed by atoms with Crippen LogP contribution in [0.15, 0.2) is 42.5 Å². The van der Waals surface area contributed by atoms with Gasteiger partial charge in [0.15, 0.2) is 11.5 Å². The molecule has 1 aliphatic heterocycles. The quantitative estimate of drug-likeness (QED) is 0.565. The molecule has 3 aromatic rings. The molecule has 1 atom stereocenters. The number of benzene rings is 2. The van der Waals surface area contributed by atoms with Crippen molar-refractivity contribution in [1.29, 1.82) is 0 Å². The van der Waals surface area contributed by atoms with Gasteiger partial charge >= 0.3 is 0 Å².